The van der Waals surface area contributed by atoms with Crippen LogP contribution in [0, 0.1) is 24.0 Å². The summed E-state index contributed by atoms with van der Waals surface area (Å²) in [6.07, 6.45) is 1.53. The van der Waals surface area contributed by atoms with Gasteiger partial charge in [0.15, 0.2) is 5.52 Å². The van der Waals surface area contributed by atoms with Crippen molar-refractivity contribution < 1.29 is 4.92 Å². The third-order valence-corrected chi connectivity index (χ3v) is 2.83. The van der Waals surface area contributed by atoms with Crippen LogP contribution in [-0.2, 0) is 0 Å². The highest BCUT2D eigenvalue weighted by Crippen LogP contribution is 2.35. The molecule has 0 amide bonds. The molecule has 0 saturated carbocycles. The minimum atomic E-state index is -0.406. The van der Waals surface area contributed by atoms with Gasteiger partial charge in [0.1, 0.15) is 0 Å². The lowest BCUT2D eigenvalue weighted by Gasteiger charge is -2.09. The summed E-state index contributed by atoms with van der Waals surface area (Å²) in [6.45, 7) is 3.47. The zero-order chi connectivity index (χ0) is 11.9. The number of nitro benzene ring substituents is 1. The molecule has 2 N–H and O–H groups in total. The van der Waals surface area contributed by atoms with E-state index in [0.29, 0.717) is 22.2 Å². The van der Waals surface area contributed by atoms with Gasteiger partial charge >= 0.3 is 0 Å². The zero-order valence-electron chi connectivity index (χ0n) is 9.02. The normalized spacial score (nSPS) is 10.6. The summed E-state index contributed by atoms with van der Waals surface area (Å²) >= 11 is 0. The number of nitrogen functional groups attached to an aromatic ring is 1. The lowest BCUT2D eigenvalue weighted by Crippen LogP contribution is -2.01. The number of aromatic nitrogens is 1. The van der Waals surface area contributed by atoms with Crippen LogP contribution in [0.15, 0.2) is 18.3 Å². The van der Waals surface area contributed by atoms with Gasteiger partial charge in [-0.25, -0.2) is 4.98 Å². The number of nitro groups is 1. The minimum Gasteiger partial charge on any atom is -0.398 e. The van der Waals surface area contributed by atoms with E-state index < -0.39 is 4.92 Å². The molecule has 5 nitrogen and oxygen atoms in total. The van der Waals surface area contributed by atoms with Crippen LogP contribution in [0.25, 0.3) is 10.9 Å². The van der Waals surface area contributed by atoms with Gasteiger partial charge in [-0.3, -0.25) is 10.1 Å². The van der Waals surface area contributed by atoms with Gasteiger partial charge in [0.05, 0.1) is 4.92 Å². The molecule has 1 aromatic carbocycles. The van der Waals surface area contributed by atoms with Crippen molar-refractivity contribution >= 4 is 22.3 Å². The highest BCUT2D eigenvalue weighted by Gasteiger charge is 2.21. The van der Waals surface area contributed by atoms with Crippen molar-refractivity contribution in [3.05, 3.63) is 39.6 Å². The second-order valence-electron chi connectivity index (χ2n) is 3.67. The van der Waals surface area contributed by atoms with Gasteiger partial charge in [-0.2, -0.15) is 0 Å². The Hall–Kier alpha value is -2.17. The summed E-state index contributed by atoms with van der Waals surface area (Å²) < 4.78 is 0. The molecule has 2 rings (SSSR count). The maximum Gasteiger partial charge on any atom is 0.298 e. The Bertz CT molecular complexity index is 593. The van der Waals surface area contributed by atoms with Gasteiger partial charge in [0, 0.05) is 22.8 Å². The standard InChI is InChI=1S/C11H11N3O2/c1-6-7(2)11(14(15)16)10-8(9(6)12)4-3-5-13-10/h3-5H,12H2,1-2H3. The number of nitrogens with zero attached hydrogens (tertiary/aromatic N) is 2. The Balaban J connectivity index is 3.04. The highest BCUT2D eigenvalue weighted by molar-refractivity contribution is 5.99. The van der Waals surface area contributed by atoms with Gasteiger partial charge in [-0.1, -0.05) is 0 Å². The quantitative estimate of drug-likeness (QED) is 0.451. The van der Waals surface area contributed by atoms with Gasteiger partial charge < -0.3 is 5.73 Å². The second kappa shape index (κ2) is 3.44. The SMILES string of the molecule is Cc1c(C)c([N+](=O)[O-])c2ncccc2c1N. The average Bonchev–Trinajstić information content (AvgIpc) is 2.26. The first-order valence-electron chi connectivity index (χ1n) is 4.81. The molecule has 0 unspecified atom stereocenters. The first kappa shape index (κ1) is 10.4. The van der Waals surface area contributed by atoms with Crippen LogP contribution in [0.1, 0.15) is 11.1 Å². The first-order chi connectivity index (χ1) is 7.54. The fraction of sp³-hybridized carbons (Fsp3) is 0.182. The van der Waals surface area contributed by atoms with Crippen LogP contribution in [-0.4, -0.2) is 9.91 Å². The number of benzene rings is 1. The van der Waals surface area contributed by atoms with Gasteiger partial charge in [0.25, 0.3) is 5.69 Å². The molecule has 0 saturated heterocycles. The maximum absolute atomic E-state index is 11.0. The van der Waals surface area contributed by atoms with Crippen LogP contribution in [0.3, 0.4) is 0 Å². The molecule has 0 radical (unpaired) electrons. The van der Waals surface area contributed by atoms with E-state index in [1.165, 1.54) is 6.20 Å². The fourth-order valence-electron chi connectivity index (χ4n) is 1.79. The van der Waals surface area contributed by atoms with E-state index in [-0.39, 0.29) is 5.69 Å². The summed E-state index contributed by atoms with van der Waals surface area (Å²) in [5.74, 6) is 0. The number of anilines is 1. The molecule has 0 bridgehead atoms. The monoisotopic (exact) mass is 217 g/mol. The zero-order valence-corrected chi connectivity index (χ0v) is 9.02. The summed E-state index contributed by atoms with van der Waals surface area (Å²) in [7, 11) is 0. The predicted octanol–water partition coefficient (Wildman–Crippen LogP) is 2.34. The lowest BCUT2D eigenvalue weighted by molar-refractivity contribution is -0.383. The van der Waals surface area contributed by atoms with Crippen LogP contribution in [0.2, 0.25) is 0 Å². The Morgan fingerprint density at radius 1 is 1.38 bits per heavy atom. The lowest BCUT2D eigenvalue weighted by atomic mass is 10.0. The van der Waals surface area contributed by atoms with E-state index in [1.54, 1.807) is 26.0 Å². The minimum absolute atomic E-state index is 0.0438. The number of pyridine rings is 1. The molecule has 0 aliphatic rings. The fourth-order valence-corrected chi connectivity index (χ4v) is 1.79. The summed E-state index contributed by atoms with van der Waals surface area (Å²) in [6, 6.07) is 3.47. The maximum atomic E-state index is 11.0. The molecule has 1 heterocycles. The van der Waals surface area contributed by atoms with Crippen LogP contribution < -0.4 is 5.73 Å². The molecule has 82 valence electrons. The topological polar surface area (TPSA) is 82.0 Å². The van der Waals surface area contributed by atoms with E-state index in [4.69, 9.17) is 5.73 Å². The van der Waals surface area contributed by atoms with Gasteiger partial charge in [-0.15, -0.1) is 0 Å². The molecule has 0 aliphatic carbocycles. The summed E-state index contributed by atoms with van der Waals surface area (Å²) in [4.78, 5) is 14.7. The van der Waals surface area contributed by atoms with Crippen molar-refractivity contribution in [3.63, 3.8) is 0 Å². The average molecular weight is 217 g/mol. The van der Waals surface area contributed by atoms with Crippen LogP contribution in [0.5, 0.6) is 0 Å². The Morgan fingerprint density at radius 3 is 2.69 bits per heavy atom. The van der Waals surface area contributed by atoms with Gasteiger partial charge in [-0.05, 0) is 31.5 Å². The van der Waals surface area contributed by atoms with E-state index in [0.717, 1.165) is 5.56 Å². The van der Waals surface area contributed by atoms with Crippen molar-refractivity contribution in [1.82, 2.24) is 4.98 Å². The second-order valence-corrected chi connectivity index (χ2v) is 3.67. The van der Waals surface area contributed by atoms with Crippen LogP contribution >= 0.6 is 0 Å². The molecule has 16 heavy (non-hydrogen) atoms. The van der Waals surface area contributed by atoms with E-state index in [1.807, 2.05) is 0 Å². The number of nitrogens with two attached hydrogens (primary N) is 1. The number of fused-ring (bicyclic) bond motifs is 1. The van der Waals surface area contributed by atoms with Gasteiger partial charge in [0.2, 0.25) is 0 Å². The smallest absolute Gasteiger partial charge is 0.298 e. The first-order valence-corrected chi connectivity index (χ1v) is 4.81. The third kappa shape index (κ3) is 1.29. The van der Waals surface area contributed by atoms with Crippen LogP contribution in [0.4, 0.5) is 11.4 Å². The predicted molar refractivity (Wildman–Crippen MR) is 62.3 cm³/mol. The molecule has 0 fully saturated rings. The van der Waals surface area contributed by atoms with Crippen molar-refractivity contribution in [2.75, 3.05) is 5.73 Å². The molecular formula is C11H11N3O2. The summed E-state index contributed by atoms with van der Waals surface area (Å²) in [5.41, 5.74) is 8.21. The molecular weight excluding hydrogens is 206 g/mol. The molecule has 5 heteroatoms. The summed E-state index contributed by atoms with van der Waals surface area (Å²) in [5, 5.41) is 11.7. The number of hydrogen-bond acceptors (Lipinski definition) is 4. The highest BCUT2D eigenvalue weighted by atomic mass is 16.6. The number of rotatable bonds is 1. The molecule has 0 spiro atoms. The Kier molecular flexibility index (Phi) is 2.23. The van der Waals surface area contributed by atoms with E-state index in [9.17, 15) is 10.1 Å². The third-order valence-electron chi connectivity index (χ3n) is 2.83. The molecule has 1 aromatic heterocycles. The van der Waals surface area contributed by atoms with Crippen molar-refractivity contribution in [1.29, 1.82) is 0 Å². The largest absolute Gasteiger partial charge is 0.398 e. The Morgan fingerprint density at radius 2 is 2.06 bits per heavy atom. The van der Waals surface area contributed by atoms with Crippen molar-refractivity contribution in [3.8, 4) is 0 Å². The Labute approximate surface area is 92.1 Å². The molecule has 0 aliphatic heterocycles. The molecule has 0 atom stereocenters. The van der Waals surface area contributed by atoms with E-state index in [2.05, 4.69) is 4.98 Å². The van der Waals surface area contributed by atoms with Crippen molar-refractivity contribution in [2.45, 2.75) is 13.8 Å². The number of hydrogen-bond donors (Lipinski definition) is 1. The van der Waals surface area contributed by atoms with E-state index >= 15 is 0 Å². The van der Waals surface area contributed by atoms with Crippen molar-refractivity contribution in [2.24, 2.45) is 0 Å². The molecule has 2 aromatic rings.